The van der Waals surface area contributed by atoms with E-state index in [0.717, 1.165) is 0 Å². The molecule has 0 aromatic carbocycles. The Morgan fingerprint density at radius 2 is 1.38 bits per heavy atom. The molecule has 2 aromatic heterocycles. The molecular weight excluding hydrogens is 318 g/mol. The van der Waals surface area contributed by atoms with E-state index in [1.54, 1.807) is 38.1 Å². The molecule has 9 heteroatoms. The minimum Gasteiger partial charge on any atom is -0.467 e. The highest BCUT2D eigenvalue weighted by molar-refractivity contribution is 5.18. The zero-order valence-electron chi connectivity index (χ0n) is 13.1. The summed E-state index contributed by atoms with van der Waals surface area (Å²) in [7, 11) is 0. The van der Waals surface area contributed by atoms with Crippen LogP contribution in [0.5, 0.6) is 0 Å². The molecule has 0 amide bonds. The summed E-state index contributed by atoms with van der Waals surface area (Å²) in [4.78, 5) is 22.5. The Hall–Kier alpha value is -2.68. The van der Waals surface area contributed by atoms with Gasteiger partial charge in [-0.2, -0.15) is 0 Å². The normalized spacial score (nSPS) is 29.2. The van der Waals surface area contributed by atoms with Gasteiger partial charge in [-0.3, -0.25) is 25.5 Å². The summed E-state index contributed by atoms with van der Waals surface area (Å²) in [5.74, 6) is 0.728. The summed E-state index contributed by atoms with van der Waals surface area (Å²) in [5.41, 5.74) is -1.24. The topological polar surface area (TPSA) is 125 Å². The zero-order chi connectivity index (χ0) is 17.5. The van der Waals surface area contributed by atoms with Crippen LogP contribution in [-0.4, -0.2) is 21.9 Å². The molecule has 1 fully saturated rings. The van der Waals surface area contributed by atoms with E-state index in [9.17, 15) is 20.2 Å². The third kappa shape index (κ3) is 2.46. The summed E-state index contributed by atoms with van der Waals surface area (Å²) in [6, 6.07) is 2.42. The summed E-state index contributed by atoms with van der Waals surface area (Å²) in [6.45, 7) is 3.08. The standard InChI is InChI=1S/C15H17N3O6/c1-15(2)13(17(19)20)11(9-5-3-7-23-9)16-12(14(15)18(21)22)10-6-4-8-24-10/h3-8,11-14,16H,1-2H3/t11-,12-,13-,14+/m1/s1. The van der Waals surface area contributed by atoms with Crippen LogP contribution in [0.1, 0.15) is 37.5 Å². The van der Waals surface area contributed by atoms with E-state index in [2.05, 4.69) is 5.32 Å². The van der Waals surface area contributed by atoms with Gasteiger partial charge < -0.3 is 8.83 Å². The van der Waals surface area contributed by atoms with Gasteiger partial charge in [0.2, 0.25) is 12.1 Å². The van der Waals surface area contributed by atoms with Crippen molar-refractivity contribution in [3.63, 3.8) is 0 Å². The Morgan fingerprint density at radius 1 is 0.958 bits per heavy atom. The molecule has 2 aromatic rings. The van der Waals surface area contributed by atoms with Crippen LogP contribution >= 0.6 is 0 Å². The van der Waals surface area contributed by atoms with E-state index in [1.165, 1.54) is 12.5 Å². The number of furan rings is 2. The molecule has 0 spiro atoms. The smallest absolute Gasteiger partial charge is 0.247 e. The van der Waals surface area contributed by atoms with Crippen molar-refractivity contribution in [2.75, 3.05) is 0 Å². The first-order chi connectivity index (χ1) is 11.3. The van der Waals surface area contributed by atoms with Crippen molar-refractivity contribution < 1.29 is 18.7 Å². The highest BCUT2D eigenvalue weighted by Crippen LogP contribution is 2.46. The van der Waals surface area contributed by atoms with E-state index in [-0.39, 0.29) is 0 Å². The minimum absolute atomic E-state index is 0.364. The lowest BCUT2D eigenvalue weighted by Crippen LogP contribution is -2.63. The first-order valence-corrected chi connectivity index (χ1v) is 7.44. The van der Waals surface area contributed by atoms with Crippen LogP contribution in [-0.2, 0) is 0 Å². The number of hydrogen-bond donors (Lipinski definition) is 1. The van der Waals surface area contributed by atoms with Gasteiger partial charge in [0.05, 0.1) is 12.5 Å². The molecule has 4 atom stereocenters. The molecule has 1 aliphatic rings. The molecule has 3 heterocycles. The lowest BCUT2D eigenvalue weighted by atomic mass is 9.68. The van der Waals surface area contributed by atoms with Crippen LogP contribution in [0.25, 0.3) is 0 Å². The Kier molecular flexibility index (Phi) is 3.88. The summed E-state index contributed by atoms with van der Waals surface area (Å²) < 4.78 is 10.7. The average Bonchev–Trinajstić information content (AvgIpc) is 3.17. The fourth-order valence-electron chi connectivity index (χ4n) is 3.61. The molecule has 0 aliphatic carbocycles. The largest absolute Gasteiger partial charge is 0.467 e. The molecule has 0 radical (unpaired) electrons. The quantitative estimate of drug-likeness (QED) is 0.672. The maximum Gasteiger partial charge on any atom is 0.247 e. The van der Waals surface area contributed by atoms with E-state index < -0.39 is 39.4 Å². The number of nitrogens with one attached hydrogen (secondary N) is 1. The van der Waals surface area contributed by atoms with Gasteiger partial charge in [0.15, 0.2) is 0 Å². The molecule has 1 N–H and O–H groups in total. The second-order valence-corrected chi connectivity index (χ2v) is 6.43. The van der Waals surface area contributed by atoms with Gasteiger partial charge in [-0.25, -0.2) is 0 Å². The number of nitrogens with zero attached hydrogens (tertiary/aromatic N) is 2. The van der Waals surface area contributed by atoms with Crippen molar-refractivity contribution in [1.29, 1.82) is 0 Å². The Morgan fingerprint density at radius 3 is 1.67 bits per heavy atom. The van der Waals surface area contributed by atoms with Crippen molar-refractivity contribution in [2.45, 2.75) is 38.0 Å². The van der Waals surface area contributed by atoms with E-state index in [0.29, 0.717) is 11.5 Å². The lowest BCUT2D eigenvalue weighted by molar-refractivity contribution is -0.605. The van der Waals surface area contributed by atoms with Crippen LogP contribution in [0.15, 0.2) is 45.6 Å². The van der Waals surface area contributed by atoms with Crippen LogP contribution in [0, 0.1) is 25.6 Å². The molecule has 128 valence electrons. The second kappa shape index (κ2) is 5.75. The maximum atomic E-state index is 11.7. The third-order valence-electron chi connectivity index (χ3n) is 4.67. The van der Waals surface area contributed by atoms with Crippen LogP contribution < -0.4 is 5.32 Å². The van der Waals surface area contributed by atoms with Crippen molar-refractivity contribution in [2.24, 2.45) is 5.41 Å². The minimum atomic E-state index is -1.24. The third-order valence-corrected chi connectivity index (χ3v) is 4.67. The summed E-state index contributed by atoms with van der Waals surface area (Å²) in [6.07, 6.45) is 2.84. The SMILES string of the molecule is CC1(C)[C@@H]([N+](=O)[O-])[C@@H](c2ccco2)N[C@H](c2ccco2)[C@H]1[N+](=O)[O-]. The molecule has 9 nitrogen and oxygen atoms in total. The first-order valence-electron chi connectivity index (χ1n) is 7.44. The predicted molar refractivity (Wildman–Crippen MR) is 81.4 cm³/mol. The van der Waals surface area contributed by atoms with Crippen molar-refractivity contribution in [3.05, 3.63) is 68.5 Å². The summed E-state index contributed by atoms with van der Waals surface area (Å²) >= 11 is 0. The zero-order valence-corrected chi connectivity index (χ0v) is 13.1. The van der Waals surface area contributed by atoms with Gasteiger partial charge in [0.25, 0.3) is 0 Å². The second-order valence-electron chi connectivity index (χ2n) is 6.43. The Labute approximate surface area is 136 Å². The van der Waals surface area contributed by atoms with Gasteiger partial charge in [-0.15, -0.1) is 0 Å². The first kappa shape index (κ1) is 16.2. The van der Waals surface area contributed by atoms with Gasteiger partial charge in [0, 0.05) is 9.85 Å². The monoisotopic (exact) mass is 335 g/mol. The van der Waals surface area contributed by atoms with Crippen LogP contribution in [0.4, 0.5) is 0 Å². The Balaban J connectivity index is 2.12. The lowest BCUT2D eigenvalue weighted by Gasteiger charge is -2.42. The van der Waals surface area contributed by atoms with Crippen molar-refractivity contribution in [3.8, 4) is 0 Å². The highest BCUT2D eigenvalue weighted by Gasteiger charge is 2.64. The van der Waals surface area contributed by atoms with Gasteiger partial charge in [0.1, 0.15) is 29.0 Å². The molecule has 24 heavy (non-hydrogen) atoms. The van der Waals surface area contributed by atoms with Crippen molar-refractivity contribution in [1.82, 2.24) is 5.32 Å². The van der Waals surface area contributed by atoms with E-state index in [4.69, 9.17) is 8.83 Å². The Bertz CT molecular complexity index is 664. The molecular formula is C15H17N3O6. The van der Waals surface area contributed by atoms with E-state index in [1.807, 2.05) is 0 Å². The fraction of sp³-hybridized carbons (Fsp3) is 0.467. The van der Waals surface area contributed by atoms with Gasteiger partial charge >= 0.3 is 0 Å². The van der Waals surface area contributed by atoms with Gasteiger partial charge in [-0.1, -0.05) is 0 Å². The molecule has 0 saturated carbocycles. The maximum absolute atomic E-state index is 11.7. The number of hydrogen-bond acceptors (Lipinski definition) is 7. The van der Waals surface area contributed by atoms with E-state index >= 15 is 0 Å². The van der Waals surface area contributed by atoms with Crippen LogP contribution in [0.2, 0.25) is 0 Å². The number of rotatable bonds is 4. The average molecular weight is 335 g/mol. The molecule has 0 bridgehead atoms. The molecule has 0 unspecified atom stereocenters. The molecule has 3 rings (SSSR count). The van der Waals surface area contributed by atoms with Crippen LogP contribution in [0.3, 0.4) is 0 Å². The molecule has 1 saturated heterocycles. The highest BCUT2D eigenvalue weighted by atomic mass is 16.6. The van der Waals surface area contributed by atoms with Crippen molar-refractivity contribution >= 4 is 0 Å². The molecule has 1 aliphatic heterocycles. The van der Waals surface area contributed by atoms with Gasteiger partial charge in [-0.05, 0) is 38.1 Å². The fourth-order valence-corrected chi connectivity index (χ4v) is 3.61. The predicted octanol–water partition coefficient (Wildman–Crippen LogP) is 2.58. The summed E-state index contributed by atoms with van der Waals surface area (Å²) in [5, 5.41) is 26.4. The number of piperidine rings is 1. The number of nitro groups is 2.